The van der Waals surface area contributed by atoms with Gasteiger partial charge in [-0.1, -0.05) is 40.9 Å². The number of pyridine rings is 1. The van der Waals surface area contributed by atoms with Crippen molar-refractivity contribution in [1.29, 1.82) is 5.26 Å². The third-order valence-electron chi connectivity index (χ3n) is 5.97. The number of halogens is 3. The van der Waals surface area contributed by atoms with Gasteiger partial charge in [0.2, 0.25) is 0 Å². The van der Waals surface area contributed by atoms with Crippen LogP contribution in [-0.4, -0.2) is 52.8 Å². The molecule has 2 heterocycles. The van der Waals surface area contributed by atoms with Crippen molar-refractivity contribution in [3.63, 3.8) is 0 Å². The predicted molar refractivity (Wildman–Crippen MR) is 131 cm³/mol. The Morgan fingerprint density at radius 2 is 1.76 bits per heavy atom. The number of aromatic nitrogens is 1. The van der Waals surface area contributed by atoms with Gasteiger partial charge in [0.25, 0.3) is 11.8 Å². The summed E-state index contributed by atoms with van der Waals surface area (Å²) in [5.74, 6) is -0.653. The summed E-state index contributed by atoms with van der Waals surface area (Å²) in [7, 11) is 1.70. The van der Waals surface area contributed by atoms with Crippen LogP contribution in [0.4, 0.5) is 0 Å². The van der Waals surface area contributed by atoms with E-state index in [0.717, 1.165) is 5.56 Å². The molecular formula is C25H19Cl3N4O2. The van der Waals surface area contributed by atoms with Gasteiger partial charge in [-0.15, -0.1) is 0 Å². The maximum atomic E-state index is 13.3. The molecule has 1 fully saturated rings. The molecule has 0 radical (unpaired) electrons. The predicted octanol–water partition coefficient (Wildman–Crippen LogP) is 5.29. The summed E-state index contributed by atoms with van der Waals surface area (Å²) in [4.78, 5) is 33.9. The number of carbonyl (C=O) groups is 2. The first-order valence-electron chi connectivity index (χ1n) is 10.4. The van der Waals surface area contributed by atoms with Crippen molar-refractivity contribution in [2.75, 3.05) is 20.1 Å². The summed E-state index contributed by atoms with van der Waals surface area (Å²) in [6.07, 6.45) is 1.43. The van der Waals surface area contributed by atoms with Crippen molar-refractivity contribution in [2.45, 2.75) is 12.0 Å². The molecule has 0 unspecified atom stereocenters. The molecule has 9 heteroatoms. The van der Waals surface area contributed by atoms with E-state index in [9.17, 15) is 9.59 Å². The number of hydrogen-bond donors (Lipinski definition) is 0. The van der Waals surface area contributed by atoms with Gasteiger partial charge in [0, 0.05) is 37.8 Å². The van der Waals surface area contributed by atoms with Gasteiger partial charge < -0.3 is 9.80 Å². The van der Waals surface area contributed by atoms with E-state index in [1.807, 2.05) is 12.1 Å². The molecule has 0 N–H and O–H groups in total. The number of rotatable bonds is 4. The second-order valence-corrected chi connectivity index (χ2v) is 9.28. The van der Waals surface area contributed by atoms with E-state index in [-0.39, 0.29) is 29.5 Å². The summed E-state index contributed by atoms with van der Waals surface area (Å²) < 4.78 is 0. The third-order valence-corrected chi connectivity index (χ3v) is 6.94. The summed E-state index contributed by atoms with van der Waals surface area (Å²) in [6.45, 7) is 0.701. The number of likely N-dealkylation sites (tertiary alicyclic amines) is 1. The smallest absolute Gasteiger partial charge is 0.272 e. The lowest BCUT2D eigenvalue weighted by Gasteiger charge is -2.29. The van der Waals surface area contributed by atoms with Crippen molar-refractivity contribution >= 4 is 46.6 Å². The molecule has 0 saturated carbocycles. The summed E-state index contributed by atoms with van der Waals surface area (Å²) in [5.41, 5.74) is 2.08. The van der Waals surface area contributed by atoms with Crippen LogP contribution in [0.3, 0.4) is 0 Å². The Morgan fingerprint density at radius 3 is 2.38 bits per heavy atom. The van der Waals surface area contributed by atoms with E-state index >= 15 is 0 Å². The van der Waals surface area contributed by atoms with Gasteiger partial charge >= 0.3 is 0 Å². The molecule has 1 aliphatic rings. The average Bonchev–Trinajstić information content (AvgIpc) is 3.30. The lowest BCUT2D eigenvalue weighted by atomic mass is 9.93. The van der Waals surface area contributed by atoms with E-state index < -0.39 is 0 Å². The van der Waals surface area contributed by atoms with Crippen molar-refractivity contribution in [2.24, 2.45) is 0 Å². The van der Waals surface area contributed by atoms with Gasteiger partial charge in [-0.2, -0.15) is 5.26 Å². The molecule has 3 aromatic rings. The molecule has 1 aliphatic heterocycles. The fourth-order valence-electron chi connectivity index (χ4n) is 4.12. The second kappa shape index (κ2) is 10.0. The summed E-state index contributed by atoms with van der Waals surface area (Å²) >= 11 is 18.3. The number of hydrogen-bond acceptors (Lipinski definition) is 4. The maximum Gasteiger partial charge on any atom is 0.272 e. The van der Waals surface area contributed by atoms with Crippen LogP contribution in [-0.2, 0) is 0 Å². The molecule has 1 aromatic heterocycles. The first-order valence-corrected chi connectivity index (χ1v) is 11.5. The van der Waals surface area contributed by atoms with Gasteiger partial charge in [0.1, 0.15) is 5.69 Å². The Kier molecular flexibility index (Phi) is 7.08. The topological polar surface area (TPSA) is 77.3 Å². The molecule has 2 aromatic carbocycles. The maximum absolute atomic E-state index is 13.3. The van der Waals surface area contributed by atoms with Crippen molar-refractivity contribution in [3.05, 3.63) is 98.2 Å². The Bertz CT molecular complexity index is 1270. The quantitative estimate of drug-likeness (QED) is 0.475. The lowest BCUT2D eigenvalue weighted by Crippen LogP contribution is -2.42. The number of nitriles is 1. The van der Waals surface area contributed by atoms with Crippen LogP contribution in [0.1, 0.15) is 37.9 Å². The zero-order valence-corrected chi connectivity index (χ0v) is 20.3. The Morgan fingerprint density at radius 1 is 1.03 bits per heavy atom. The second-order valence-electron chi connectivity index (χ2n) is 8.02. The number of nitrogens with zero attached hydrogens (tertiary/aromatic N) is 4. The van der Waals surface area contributed by atoms with Crippen LogP contribution in [0.25, 0.3) is 0 Å². The monoisotopic (exact) mass is 512 g/mol. The third kappa shape index (κ3) is 4.88. The van der Waals surface area contributed by atoms with Crippen LogP contribution in [0.15, 0.2) is 60.8 Å². The lowest BCUT2D eigenvalue weighted by molar-refractivity contribution is 0.0691. The normalized spacial score (nSPS) is 17.3. The minimum atomic E-state index is -0.329. The summed E-state index contributed by atoms with van der Waals surface area (Å²) in [6, 6.07) is 16.7. The number of likely N-dealkylation sites (N-methyl/N-ethyl adjacent to an activating group) is 1. The Labute approximate surface area is 212 Å². The van der Waals surface area contributed by atoms with Gasteiger partial charge in [-0.25, -0.2) is 4.98 Å². The van der Waals surface area contributed by atoms with Gasteiger partial charge in [-0.3, -0.25) is 9.59 Å². The van der Waals surface area contributed by atoms with E-state index in [1.165, 1.54) is 6.20 Å². The highest BCUT2D eigenvalue weighted by Gasteiger charge is 2.40. The van der Waals surface area contributed by atoms with Crippen molar-refractivity contribution in [1.82, 2.24) is 14.8 Å². The molecule has 0 spiro atoms. The van der Waals surface area contributed by atoms with Crippen LogP contribution < -0.4 is 0 Å². The fourth-order valence-corrected chi connectivity index (χ4v) is 4.54. The standard InChI is InChI=1S/C25H19Cl3N4O2/c1-31(25(34)22-9-7-18(26)12-30-22)23-14-32(24(33)16-4-2-15(11-29)3-5-16)13-19(23)17-6-8-20(27)21(28)10-17/h2-10,12,19,23H,13-14H2,1H3/t19-,23+/m0/s1. The zero-order valence-electron chi connectivity index (χ0n) is 18.1. The number of amides is 2. The Balaban J connectivity index is 1.65. The van der Waals surface area contributed by atoms with Gasteiger partial charge in [0.05, 0.1) is 32.7 Å². The highest BCUT2D eigenvalue weighted by atomic mass is 35.5. The Hall–Kier alpha value is -3.11. The largest absolute Gasteiger partial charge is 0.336 e. The van der Waals surface area contributed by atoms with E-state index in [4.69, 9.17) is 40.1 Å². The molecule has 34 heavy (non-hydrogen) atoms. The van der Waals surface area contributed by atoms with Crippen molar-refractivity contribution < 1.29 is 9.59 Å². The number of benzene rings is 2. The molecule has 4 rings (SSSR count). The van der Waals surface area contributed by atoms with Crippen LogP contribution in [0.5, 0.6) is 0 Å². The SMILES string of the molecule is CN(C(=O)c1ccc(Cl)cn1)[C@@H]1CN(C(=O)c2ccc(C#N)cc2)C[C@H]1c1ccc(Cl)c(Cl)c1. The van der Waals surface area contributed by atoms with Crippen LogP contribution >= 0.6 is 34.8 Å². The molecule has 2 atom stereocenters. The highest BCUT2D eigenvalue weighted by Crippen LogP contribution is 2.35. The van der Waals surface area contributed by atoms with Crippen LogP contribution in [0.2, 0.25) is 15.1 Å². The van der Waals surface area contributed by atoms with Gasteiger partial charge in [0.15, 0.2) is 0 Å². The summed E-state index contributed by atoms with van der Waals surface area (Å²) in [5, 5.41) is 10.3. The van der Waals surface area contributed by atoms with Gasteiger partial charge in [-0.05, 0) is 54.1 Å². The van der Waals surface area contributed by atoms with Crippen LogP contribution in [0, 0.1) is 11.3 Å². The average molecular weight is 514 g/mol. The highest BCUT2D eigenvalue weighted by molar-refractivity contribution is 6.42. The van der Waals surface area contributed by atoms with E-state index in [0.29, 0.717) is 39.3 Å². The molecule has 2 amide bonds. The molecule has 172 valence electrons. The molecule has 0 aliphatic carbocycles. The van der Waals surface area contributed by atoms with E-state index in [1.54, 1.807) is 65.4 Å². The minimum Gasteiger partial charge on any atom is -0.336 e. The molecular weight excluding hydrogens is 495 g/mol. The number of carbonyl (C=O) groups excluding carboxylic acids is 2. The molecule has 0 bridgehead atoms. The molecule has 1 saturated heterocycles. The molecule has 6 nitrogen and oxygen atoms in total. The van der Waals surface area contributed by atoms with E-state index in [2.05, 4.69) is 4.98 Å². The fraction of sp³-hybridized carbons (Fsp3) is 0.200. The first-order chi connectivity index (χ1) is 16.3. The first kappa shape index (κ1) is 24.0. The van der Waals surface area contributed by atoms with Crippen molar-refractivity contribution in [3.8, 4) is 6.07 Å². The zero-order chi connectivity index (χ0) is 24.4. The minimum absolute atomic E-state index is 0.178.